The lowest BCUT2D eigenvalue weighted by molar-refractivity contribution is -0.122. The number of carbonyl (C=O) groups is 1. The Hall–Kier alpha value is -1.35. The third-order valence-corrected chi connectivity index (χ3v) is 3.13. The van der Waals surface area contributed by atoms with Crippen molar-refractivity contribution in [1.82, 2.24) is 5.32 Å². The van der Waals surface area contributed by atoms with Crippen molar-refractivity contribution in [2.45, 2.75) is 25.3 Å². The first-order valence-electron chi connectivity index (χ1n) is 5.76. The van der Waals surface area contributed by atoms with Crippen molar-refractivity contribution in [3.8, 4) is 0 Å². The summed E-state index contributed by atoms with van der Waals surface area (Å²) in [5.41, 5.74) is 6.88. The van der Waals surface area contributed by atoms with E-state index in [-0.39, 0.29) is 17.9 Å². The average Bonchev–Trinajstić information content (AvgIpc) is 3.04. The molecule has 3 N–H and O–H groups in total. The predicted octanol–water partition coefficient (Wildman–Crippen LogP) is 1.25. The lowest BCUT2D eigenvalue weighted by atomic mass is 10.0. The average molecular weight is 218 g/mol. The van der Waals surface area contributed by atoms with Crippen molar-refractivity contribution in [3.63, 3.8) is 0 Å². The van der Waals surface area contributed by atoms with E-state index in [0.29, 0.717) is 12.5 Å². The molecule has 1 aliphatic carbocycles. The molecule has 0 radical (unpaired) electrons. The number of amides is 1. The van der Waals surface area contributed by atoms with Gasteiger partial charge in [0.15, 0.2) is 0 Å². The molecule has 1 fully saturated rings. The zero-order valence-electron chi connectivity index (χ0n) is 9.52. The minimum absolute atomic E-state index is 0.0583. The predicted molar refractivity (Wildman–Crippen MR) is 63.9 cm³/mol. The van der Waals surface area contributed by atoms with E-state index in [9.17, 15) is 4.79 Å². The SMILES string of the molecule is CC(CNC(=O)C1CC1N)c1ccccc1. The van der Waals surface area contributed by atoms with E-state index in [4.69, 9.17) is 5.73 Å². The Balaban J connectivity index is 1.80. The summed E-state index contributed by atoms with van der Waals surface area (Å²) in [5.74, 6) is 0.512. The summed E-state index contributed by atoms with van der Waals surface area (Å²) in [6.45, 7) is 2.80. The molecule has 0 aliphatic heterocycles. The molecule has 3 unspecified atom stereocenters. The van der Waals surface area contributed by atoms with E-state index >= 15 is 0 Å². The Bertz CT molecular complexity index is 363. The largest absolute Gasteiger partial charge is 0.355 e. The molecule has 0 heterocycles. The van der Waals surface area contributed by atoms with Crippen LogP contribution < -0.4 is 11.1 Å². The minimum atomic E-state index is 0.0583. The molecule has 1 aromatic rings. The minimum Gasteiger partial charge on any atom is -0.355 e. The number of nitrogens with one attached hydrogen (secondary N) is 1. The Morgan fingerprint density at radius 1 is 1.50 bits per heavy atom. The second-order valence-corrected chi connectivity index (χ2v) is 4.56. The fraction of sp³-hybridized carbons (Fsp3) is 0.462. The van der Waals surface area contributed by atoms with Gasteiger partial charge < -0.3 is 11.1 Å². The topological polar surface area (TPSA) is 55.1 Å². The molecule has 1 aromatic carbocycles. The van der Waals surface area contributed by atoms with Crippen LogP contribution in [-0.2, 0) is 4.79 Å². The molecule has 2 rings (SSSR count). The van der Waals surface area contributed by atoms with Crippen LogP contribution in [0.4, 0.5) is 0 Å². The van der Waals surface area contributed by atoms with E-state index in [0.717, 1.165) is 6.42 Å². The van der Waals surface area contributed by atoms with E-state index in [1.165, 1.54) is 5.56 Å². The number of carbonyl (C=O) groups excluding carboxylic acids is 1. The second-order valence-electron chi connectivity index (χ2n) is 4.56. The van der Waals surface area contributed by atoms with Gasteiger partial charge in [-0.05, 0) is 17.9 Å². The number of nitrogens with two attached hydrogens (primary N) is 1. The molecule has 16 heavy (non-hydrogen) atoms. The maximum atomic E-state index is 11.6. The van der Waals surface area contributed by atoms with Crippen LogP contribution in [0.3, 0.4) is 0 Å². The highest BCUT2D eigenvalue weighted by atomic mass is 16.2. The molecule has 1 saturated carbocycles. The van der Waals surface area contributed by atoms with Gasteiger partial charge in [0.25, 0.3) is 0 Å². The lowest BCUT2D eigenvalue weighted by Crippen LogP contribution is -2.30. The van der Waals surface area contributed by atoms with Gasteiger partial charge in [-0.3, -0.25) is 4.79 Å². The van der Waals surface area contributed by atoms with Crippen LogP contribution in [0, 0.1) is 5.92 Å². The van der Waals surface area contributed by atoms with Crippen LogP contribution >= 0.6 is 0 Å². The Labute approximate surface area is 96.0 Å². The number of rotatable bonds is 4. The van der Waals surface area contributed by atoms with Gasteiger partial charge in [0, 0.05) is 12.6 Å². The van der Waals surface area contributed by atoms with Crippen LogP contribution in [0.25, 0.3) is 0 Å². The van der Waals surface area contributed by atoms with Crippen molar-refractivity contribution in [3.05, 3.63) is 35.9 Å². The summed E-state index contributed by atoms with van der Waals surface area (Å²) in [6, 6.07) is 10.3. The monoisotopic (exact) mass is 218 g/mol. The summed E-state index contributed by atoms with van der Waals surface area (Å²) in [7, 11) is 0. The van der Waals surface area contributed by atoms with Crippen LogP contribution in [-0.4, -0.2) is 18.5 Å². The molecule has 0 saturated heterocycles. The maximum Gasteiger partial charge on any atom is 0.224 e. The highest BCUT2D eigenvalue weighted by molar-refractivity contribution is 5.82. The van der Waals surface area contributed by atoms with Crippen molar-refractivity contribution in [1.29, 1.82) is 0 Å². The number of hydrogen-bond acceptors (Lipinski definition) is 2. The molecule has 0 spiro atoms. The molecule has 1 aliphatic rings. The molecule has 1 amide bonds. The molecular weight excluding hydrogens is 200 g/mol. The van der Waals surface area contributed by atoms with Gasteiger partial charge in [-0.1, -0.05) is 37.3 Å². The summed E-state index contributed by atoms with van der Waals surface area (Å²) in [5, 5.41) is 2.95. The smallest absolute Gasteiger partial charge is 0.224 e. The first kappa shape index (κ1) is 11.1. The van der Waals surface area contributed by atoms with Crippen LogP contribution in [0.2, 0.25) is 0 Å². The van der Waals surface area contributed by atoms with Gasteiger partial charge in [0.1, 0.15) is 0 Å². The summed E-state index contributed by atoms with van der Waals surface area (Å²) in [4.78, 5) is 11.6. The summed E-state index contributed by atoms with van der Waals surface area (Å²) < 4.78 is 0. The third kappa shape index (κ3) is 2.61. The zero-order valence-corrected chi connectivity index (χ0v) is 9.52. The molecular formula is C13H18N2O. The molecule has 0 bridgehead atoms. The zero-order chi connectivity index (χ0) is 11.5. The van der Waals surface area contributed by atoms with E-state index in [2.05, 4.69) is 24.4 Å². The molecule has 0 aromatic heterocycles. The van der Waals surface area contributed by atoms with Crippen molar-refractivity contribution >= 4 is 5.91 Å². The normalized spacial score (nSPS) is 24.9. The number of benzene rings is 1. The van der Waals surface area contributed by atoms with Crippen LogP contribution in [0.5, 0.6) is 0 Å². The third-order valence-electron chi connectivity index (χ3n) is 3.13. The highest BCUT2D eigenvalue weighted by Gasteiger charge is 2.39. The van der Waals surface area contributed by atoms with Gasteiger partial charge in [-0.15, -0.1) is 0 Å². The first-order valence-corrected chi connectivity index (χ1v) is 5.76. The molecule has 86 valence electrons. The van der Waals surface area contributed by atoms with Crippen molar-refractivity contribution in [2.75, 3.05) is 6.54 Å². The van der Waals surface area contributed by atoms with E-state index in [1.807, 2.05) is 18.2 Å². The van der Waals surface area contributed by atoms with Crippen molar-refractivity contribution < 1.29 is 4.79 Å². The maximum absolute atomic E-state index is 11.6. The van der Waals surface area contributed by atoms with Gasteiger partial charge in [-0.2, -0.15) is 0 Å². The lowest BCUT2D eigenvalue weighted by Gasteiger charge is -2.12. The quantitative estimate of drug-likeness (QED) is 0.799. The fourth-order valence-corrected chi connectivity index (χ4v) is 1.80. The Morgan fingerprint density at radius 3 is 2.69 bits per heavy atom. The van der Waals surface area contributed by atoms with Crippen LogP contribution in [0.1, 0.15) is 24.8 Å². The Kier molecular flexibility index (Phi) is 3.25. The molecule has 3 atom stereocenters. The highest BCUT2D eigenvalue weighted by Crippen LogP contribution is 2.27. The number of hydrogen-bond donors (Lipinski definition) is 2. The molecule has 3 nitrogen and oxygen atoms in total. The fourth-order valence-electron chi connectivity index (χ4n) is 1.80. The van der Waals surface area contributed by atoms with E-state index in [1.54, 1.807) is 0 Å². The first-order chi connectivity index (χ1) is 7.68. The standard InChI is InChI=1S/C13H18N2O/c1-9(10-5-3-2-4-6-10)8-15-13(16)11-7-12(11)14/h2-6,9,11-12H,7-8,14H2,1H3,(H,15,16). The summed E-state index contributed by atoms with van der Waals surface area (Å²) >= 11 is 0. The van der Waals surface area contributed by atoms with Gasteiger partial charge >= 0.3 is 0 Å². The van der Waals surface area contributed by atoms with E-state index < -0.39 is 0 Å². The summed E-state index contributed by atoms with van der Waals surface area (Å²) in [6.07, 6.45) is 0.839. The van der Waals surface area contributed by atoms with Crippen LogP contribution in [0.15, 0.2) is 30.3 Å². The van der Waals surface area contributed by atoms with Gasteiger partial charge in [0.05, 0.1) is 5.92 Å². The second kappa shape index (κ2) is 4.66. The van der Waals surface area contributed by atoms with Gasteiger partial charge in [0.2, 0.25) is 5.91 Å². The Morgan fingerprint density at radius 2 is 2.12 bits per heavy atom. The molecule has 3 heteroatoms. The van der Waals surface area contributed by atoms with Crippen molar-refractivity contribution in [2.24, 2.45) is 11.7 Å². The van der Waals surface area contributed by atoms with Gasteiger partial charge in [-0.25, -0.2) is 0 Å².